The molecule has 1 fully saturated rings. The number of aromatic nitrogens is 1. The van der Waals surface area contributed by atoms with Gasteiger partial charge < -0.3 is 10.2 Å². The van der Waals surface area contributed by atoms with Crippen LogP contribution in [0.5, 0.6) is 0 Å². The van der Waals surface area contributed by atoms with Gasteiger partial charge in [0.1, 0.15) is 0 Å². The molecule has 0 atom stereocenters. The quantitative estimate of drug-likeness (QED) is 0.796. The van der Waals surface area contributed by atoms with Crippen LogP contribution in [-0.2, 0) is 0 Å². The van der Waals surface area contributed by atoms with E-state index in [-0.39, 0.29) is 0 Å². The Morgan fingerprint density at radius 3 is 2.79 bits per heavy atom. The molecule has 0 saturated carbocycles. The number of rotatable bonds is 4. The summed E-state index contributed by atoms with van der Waals surface area (Å²) in [5, 5.41) is 11.8. The van der Waals surface area contributed by atoms with Crippen LogP contribution in [0, 0.1) is 6.92 Å². The Balaban J connectivity index is 1.67. The van der Waals surface area contributed by atoms with E-state index in [1.807, 2.05) is 25.1 Å². The number of likely N-dealkylation sites (N-methyl/N-ethyl adjacent to an activating group) is 1. The zero-order valence-corrected chi connectivity index (χ0v) is 16.0. The van der Waals surface area contributed by atoms with Gasteiger partial charge in [-0.1, -0.05) is 40.6 Å². The number of hydrogen-bond acceptors (Lipinski definition) is 5. The lowest BCUT2D eigenvalue weighted by molar-refractivity contribution is -0.884. The predicted octanol–water partition coefficient (Wildman–Crippen LogP) is 2.67. The van der Waals surface area contributed by atoms with E-state index >= 15 is 0 Å². The van der Waals surface area contributed by atoms with Crippen molar-refractivity contribution in [1.29, 1.82) is 0 Å². The molecule has 8 heteroatoms. The third-order valence-corrected chi connectivity index (χ3v) is 5.68. The molecule has 1 saturated heterocycles. The number of thiazole rings is 1. The summed E-state index contributed by atoms with van der Waals surface area (Å²) in [5.41, 5.74) is 1.93. The van der Waals surface area contributed by atoms with Gasteiger partial charge in [-0.05, 0) is 24.6 Å². The van der Waals surface area contributed by atoms with Crippen LogP contribution in [0.4, 0.5) is 10.8 Å². The maximum Gasteiger partial charge on any atom is 0.189 e. The molecule has 128 valence electrons. The average molecular weight is 385 g/mol. The molecule has 0 unspecified atom stereocenters. The molecule has 0 aliphatic carbocycles. The summed E-state index contributed by atoms with van der Waals surface area (Å²) < 4.78 is 0. The molecule has 2 heterocycles. The van der Waals surface area contributed by atoms with E-state index in [0.29, 0.717) is 5.15 Å². The summed E-state index contributed by atoms with van der Waals surface area (Å²) in [6, 6.07) is 5.82. The second kappa shape index (κ2) is 7.70. The first-order valence-electron chi connectivity index (χ1n) is 7.81. The molecule has 2 N–H and O–H groups in total. The van der Waals surface area contributed by atoms with Crippen LogP contribution in [-0.4, -0.2) is 49.4 Å². The number of hydrogen-bond donors (Lipinski definition) is 2. The minimum Gasteiger partial charge on any atom is -0.334 e. The third-order valence-electron chi connectivity index (χ3n) is 3.96. The lowest BCUT2D eigenvalue weighted by Crippen LogP contribution is -3.11. The second-order valence-corrected chi connectivity index (χ2v) is 7.71. The summed E-state index contributed by atoms with van der Waals surface area (Å²) in [4.78, 5) is 6.74. The molecular weight excluding hydrogens is 365 g/mol. The first-order chi connectivity index (χ1) is 11.5. The normalized spacial score (nSPS) is 16.1. The smallest absolute Gasteiger partial charge is 0.189 e. The molecule has 1 aromatic carbocycles. The maximum absolute atomic E-state index is 6.23. The Morgan fingerprint density at radius 1 is 1.33 bits per heavy atom. The van der Waals surface area contributed by atoms with Crippen LogP contribution >= 0.6 is 34.5 Å². The first kappa shape index (κ1) is 17.5. The monoisotopic (exact) mass is 384 g/mol. The van der Waals surface area contributed by atoms with Crippen LogP contribution in [0.2, 0.25) is 10.2 Å². The first-order valence-corrected chi connectivity index (χ1v) is 9.38. The molecule has 24 heavy (non-hydrogen) atoms. The van der Waals surface area contributed by atoms with Crippen molar-refractivity contribution in [3.05, 3.63) is 38.8 Å². The number of nitrogens with one attached hydrogen (secondary N) is 2. The number of aryl methyl sites for hydroxylation is 1. The number of piperazine rings is 1. The van der Waals surface area contributed by atoms with Crippen LogP contribution in [0.15, 0.2) is 23.3 Å². The van der Waals surface area contributed by atoms with E-state index in [0.717, 1.165) is 52.5 Å². The van der Waals surface area contributed by atoms with Crippen molar-refractivity contribution in [2.45, 2.75) is 6.92 Å². The second-order valence-electron chi connectivity index (χ2n) is 5.92. The maximum atomic E-state index is 6.23. The lowest BCUT2D eigenvalue weighted by Gasteiger charge is -2.27. The predicted molar refractivity (Wildman–Crippen MR) is 102 cm³/mol. The largest absolute Gasteiger partial charge is 0.334 e. The number of hydrazone groups is 1. The highest BCUT2D eigenvalue weighted by atomic mass is 35.5. The van der Waals surface area contributed by atoms with Gasteiger partial charge in [-0.3, -0.25) is 5.01 Å². The molecule has 2 aromatic rings. The van der Waals surface area contributed by atoms with Crippen molar-refractivity contribution >= 4 is 51.6 Å². The molecule has 5 nitrogen and oxygen atoms in total. The fourth-order valence-corrected chi connectivity index (χ4v) is 3.59. The van der Waals surface area contributed by atoms with Crippen LogP contribution in [0.1, 0.15) is 10.4 Å². The molecule has 3 rings (SSSR count). The van der Waals surface area contributed by atoms with Gasteiger partial charge in [-0.15, -0.1) is 0 Å². The van der Waals surface area contributed by atoms with E-state index < -0.39 is 0 Å². The average Bonchev–Trinajstić information content (AvgIpc) is 2.90. The van der Waals surface area contributed by atoms with E-state index in [4.69, 9.17) is 23.2 Å². The van der Waals surface area contributed by atoms with E-state index in [1.165, 1.54) is 11.3 Å². The van der Waals surface area contributed by atoms with Crippen molar-refractivity contribution in [2.75, 3.05) is 38.5 Å². The van der Waals surface area contributed by atoms with Crippen LogP contribution in [0.25, 0.3) is 0 Å². The van der Waals surface area contributed by atoms with Gasteiger partial charge >= 0.3 is 0 Å². The van der Waals surface area contributed by atoms with Gasteiger partial charge in [0, 0.05) is 10.7 Å². The number of benzene rings is 1. The summed E-state index contributed by atoms with van der Waals surface area (Å²) in [6.07, 6.45) is 1.80. The Bertz CT molecular complexity index is 738. The van der Waals surface area contributed by atoms with Crippen molar-refractivity contribution in [3.63, 3.8) is 0 Å². The zero-order valence-electron chi connectivity index (χ0n) is 13.6. The van der Waals surface area contributed by atoms with Crippen molar-refractivity contribution in [3.8, 4) is 0 Å². The molecule has 1 aliphatic heterocycles. The van der Waals surface area contributed by atoms with Crippen LogP contribution in [0.3, 0.4) is 0 Å². The topological polar surface area (TPSA) is 45.0 Å². The van der Waals surface area contributed by atoms with Crippen molar-refractivity contribution < 1.29 is 4.90 Å². The Labute approximate surface area is 155 Å². The number of quaternary nitrogens is 1. The molecule has 0 spiro atoms. The Hall–Kier alpha value is -1.34. The molecule has 0 radical (unpaired) electrons. The standard InChI is InChI=1S/C16H19Cl2N5S/c1-11-3-4-12(9-13(11)17)20-16-21-15(18)14(24-16)10-19-23-7-5-22(2)6-8-23/h3-4,9-10H,5-8H2,1-2H3,(H,20,21)/p+1/b19-10+. The van der Waals surface area contributed by atoms with Crippen LogP contribution < -0.4 is 10.2 Å². The van der Waals surface area contributed by atoms with Crippen molar-refractivity contribution in [2.24, 2.45) is 5.10 Å². The number of nitrogens with zero attached hydrogens (tertiary/aromatic N) is 3. The summed E-state index contributed by atoms with van der Waals surface area (Å²) in [7, 11) is 2.20. The van der Waals surface area contributed by atoms with Gasteiger partial charge in [0.2, 0.25) is 0 Å². The molecule has 0 amide bonds. The third kappa shape index (κ3) is 4.39. The van der Waals surface area contributed by atoms with Gasteiger partial charge in [-0.2, -0.15) is 5.10 Å². The fourth-order valence-electron chi connectivity index (χ4n) is 2.37. The minimum absolute atomic E-state index is 0.462. The van der Waals surface area contributed by atoms with E-state index in [1.54, 1.807) is 11.1 Å². The summed E-state index contributed by atoms with van der Waals surface area (Å²) in [5.74, 6) is 0. The Morgan fingerprint density at radius 2 is 2.08 bits per heavy atom. The Kier molecular flexibility index (Phi) is 5.61. The summed E-state index contributed by atoms with van der Waals surface area (Å²) in [6.45, 7) is 6.11. The van der Waals surface area contributed by atoms with Gasteiger partial charge in [0.25, 0.3) is 0 Å². The van der Waals surface area contributed by atoms with Gasteiger partial charge in [0.15, 0.2) is 10.3 Å². The number of halogens is 2. The fraction of sp³-hybridized carbons (Fsp3) is 0.375. The molecule has 1 aromatic heterocycles. The molecule has 0 bridgehead atoms. The highest BCUT2D eigenvalue weighted by molar-refractivity contribution is 7.17. The molecular formula is C16H20Cl2N5S+. The minimum atomic E-state index is 0.462. The van der Waals surface area contributed by atoms with E-state index in [9.17, 15) is 0 Å². The van der Waals surface area contributed by atoms with Gasteiger partial charge in [-0.25, -0.2) is 4.98 Å². The van der Waals surface area contributed by atoms with E-state index in [2.05, 4.69) is 27.5 Å². The van der Waals surface area contributed by atoms with Gasteiger partial charge in [0.05, 0.1) is 44.3 Å². The highest BCUT2D eigenvalue weighted by Crippen LogP contribution is 2.29. The summed E-state index contributed by atoms with van der Waals surface area (Å²) >= 11 is 13.9. The SMILES string of the molecule is Cc1ccc(Nc2nc(Cl)c(/C=N/N3CC[NH+](C)CC3)s2)cc1Cl. The van der Waals surface area contributed by atoms with Crippen molar-refractivity contribution in [1.82, 2.24) is 9.99 Å². The molecule has 1 aliphatic rings. The zero-order chi connectivity index (χ0) is 17.1. The number of anilines is 2. The lowest BCUT2D eigenvalue weighted by atomic mass is 10.2. The highest BCUT2D eigenvalue weighted by Gasteiger charge is 2.15.